The largest absolute Gasteiger partial charge is 0.493 e. The Morgan fingerprint density at radius 3 is 2.47 bits per heavy atom. The number of nitrogens with one attached hydrogen (secondary N) is 2. The van der Waals surface area contributed by atoms with E-state index in [0.717, 1.165) is 6.07 Å². The minimum absolute atomic E-state index is 0.0410. The van der Waals surface area contributed by atoms with E-state index < -0.39 is 21.7 Å². The van der Waals surface area contributed by atoms with E-state index in [0.29, 0.717) is 36.1 Å². The van der Waals surface area contributed by atoms with Crippen LogP contribution in [0.2, 0.25) is 0 Å². The van der Waals surface area contributed by atoms with Crippen LogP contribution in [0.15, 0.2) is 65.6 Å². The molecule has 3 aromatic carbocycles. The van der Waals surface area contributed by atoms with Crippen LogP contribution in [0.1, 0.15) is 10.4 Å². The van der Waals surface area contributed by atoms with Crippen LogP contribution in [-0.2, 0) is 10.0 Å². The SMILES string of the molecule is COc1cc(C(=O)Nc2ccc(S(=O)(=O)Nc3cccc(F)c3)cc2)cc2c1OCCO2. The normalized spacial score (nSPS) is 12.7. The van der Waals surface area contributed by atoms with Crippen LogP contribution < -0.4 is 24.2 Å². The Hall–Kier alpha value is -3.79. The molecule has 0 radical (unpaired) electrons. The van der Waals surface area contributed by atoms with E-state index in [2.05, 4.69) is 10.0 Å². The van der Waals surface area contributed by atoms with Gasteiger partial charge in [-0.3, -0.25) is 9.52 Å². The van der Waals surface area contributed by atoms with Crippen molar-refractivity contribution >= 4 is 27.3 Å². The van der Waals surface area contributed by atoms with Crippen molar-refractivity contribution in [2.24, 2.45) is 0 Å². The molecule has 3 aromatic rings. The van der Waals surface area contributed by atoms with E-state index in [1.165, 1.54) is 55.6 Å². The molecular weight excluding hydrogens is 439 g/mol. The zero-order valence-corrected chi connectivity index (χ0v) is 17.7. The van der Waals surface area contributed by atoms with Crippen molar-refractivity contribution < 1.29 is 31.8 Å². The molecule has 0 spiro atoms. The fourth-order valence-electron chi connectivity index (χ4n) is 3.09. The third-order valence-corrected chi connectivity index (χ3v) is 5.99. The quantitative estimate of drug-likeness (QED) is 0.585. The van der Waals surface area contributed by atoms with E-state index >= 15 is 0 Å². The lowest BCUT2D eigenvalue weighted by Gasteiger charge is -2.21. The van der Waals surface area contributed by atoms with E-state index in [-0.39, 0.29) is 16.1 Å². The molecular formula is C22H19FN2O6S. The second kappa shape index (κ2) is 8.75. The van der Waals surface area contributed by atoms with E-state index in [1.807, 2.05) is 0 Å². The van der Waals surface area contributed by atoms with Gasteiger partial charge in [-0.15, -0.1) is 0 Å². The molecule has 0 unspecified atom stereocenters. The van der Waals surface area contributed by atoms with Crippen molar-refractivity contribution in [1.29, 1.82) is 0 Å². The maximum Gasteiger partial charge on any atom is 0.261 e. The van der Waals surface area contributed by atoms with Crippen LogP contribution in [0.5, 0.6) is 17.2 Å². The highest BCUT2D eigenvalue weighted by molar-refractivity contribution is 7.92. The summed E-state index contributed by atoms with van der Waals surface area (Å²) in [7, 11) is -2.46. The molecule has 0 atom stereocenters. The zero-order valence-electron chi connectivity index (χ0n) is 16.9. The van der Waals surface area contributed by atoms with Crippen LogP contribution >= 0.6 is 0 Å². The Labute approximate surface area is 184 Å². The van der Waals surface area contributed by atoms with Gasteiger partial charge in [-0.2, -0.15) is 0 Å². The average molecular weight is 458 g/mol. The van der Waals surface area contributed by atoms with Crippen molar-refractivity contribution in [2.75, 3.05) is 30.4 Å². The van der Waals surface area contributed by atoms with Crippen molar-refractivity contribution in [3.8, 4) is 17.2 Å². The fraction of sp³-hybridized carbons (Fsp3) is 0.136. The molecule has 0 fully saturated rings. The molecule has 0 bridgehead atoms. The zero-order chi connectivity index (χ0) is 22.7. The summed E-state index contributed by atoms with van der Waals surface area (Å²) in [6.45, 7) is 0.749. The van der Waals surface area contributed by atoms with Crippen molar-refractivity contribution in [3.63, 3.8) is 0 Å². The maximum absolute atomic E-state index is 13.3. The van der Waals surface area contributed by atoms with Crippen LogP contribution in [0.3, 0.4) is 0 Å². The van der Waals surface area contributed by atoms with Gasteiger partial charge < -0.3 is 19.5 Å². The lowest BCUT2D eigenvalue weighted by Crippen LogP contribution is -2.18. The number of hydrogen-bond acceptors (Lipinski definition) is 6. The van der Waals surface area contributed by atoms with Gasteiger partial charge in [0.2, 0.25) is 5.75 Å². The van der Waals surface area contributed by atoms with Crippen LogP contribution in [0.4, 0.5) is 15.8 Å². The summed E-state index contributed by atoms with van der Waals surface area (Å²) in [6.07, 6.45) is 0. The predicted molar refractivity (Wildman–Crippen MR) is 116 cm³/mol. The number of benzene rings is 3. The van der Waals surface area contributed by atoms with Crippen molar-refractivity contribution in [3.05, 3.63) is 72.0 Å². The van der Waals surface area contributed by atoms with Crippen LogP contribution in [0, 0.1) is 5.82 Å². The lowest BCUT2D eigenvalue weighted by atomic mass is 10.1. The van der Waals surface area contributed by atoms with Crippen LogP contribution in [0.25, 0.3) is 0 Å². The van der Waals surface area contributed by atoms with Crippen molar-refractivity contribution in [2.45, 2.75) is 4.90 Å². The number of carbonyl (C=O) groups is 1. The predicted octanol–water partition coefficient (Wildman–Crippen LogP) is 3.66. The van der Waals surface area contributed by atoms with Gasteiger partial charge in [-0.1, -0.05) is 6.07 Å². The third-order valence-electron chi connectivity index (χ3n) is 4.59. The minimum Gasteiger partial charge on any atom is -0.493 e. The summed E-state index contributed by atoms with van der Waals surface area (Å²) < 4.78 is 57.0. The second-order valence-corrected chi connectivity index (χ2v) is 8.48. The average Bonchev–Trinajstić information content (AvgIpc) is 2.78. The first-order valence-corrected chi connectivity index (χ1v) is 11.0. The van der Waals surface area contributed by atoms with Crippen LogP contribution in [-0.4, -0.2) is 34.6 Å². The molecule has 1 amide bonds. The molecule has 1 heterocycles. The van der Waals surface area contributed by atoms with Crippen molar-refractivity contribution in [1.82, 2.24) is 0 Å². The van der Waals surface area contributed by atoms with E-state index in [1.54, 1.807) is 6.07 Å². The smallest absolute Gasteiger partial charge is 0.261 e. The number of sulfonamides is 1. The Balaban J connectivity index is 1.49. The van der Waals surface area contributed by atoms with Gasteiger partial charge in [0.1, 0.15) is 19.0 Å². The Bertz CT molecular complexity index is 1240. The first kappa shape index (κ1) is 21.4. The maximum atomic E-state index is 13.3. The molecule has 10 heteroatoms. The van der Waals surface area contributed by atoms with Gasteiger partial charge in [-0.05, 0) is 54.6 Å². The van der Waals surface area contributed by atoms with Gasteiger partial charge in [0, 0.05) is 11.3 Å². The van der Waals surface area contributed by atoms with E-state index in [4.69, 9.17) is 14.2 Å². The van der Waals surface area contributed by atoms with Gasteiger partial charge >= 0.3 is 0 Å². The highest BCUT2D eigenvalue weighted by atomic mass is 32.2. The molecule has 8 nitrogen and oxygen atoms in total. The summed E-state index contributed by atoms with van der Waals surface area (Å²) in [5.74, 6) is 0.228. The summed E-state index contributed by atoms with van der Waals surface area (Å²) in [5.41, 5.74) is 0.777. The molecule has 166 valence electrons. The minimum atomic E-state index is -3.92. The number of halogens is 1. The number of amides is 1. The second-order valence-electron chi connectivity index (χ2n) is 6.80. The first-order chi connectivity index (χ1) is 15.4. The molecule has 0 aliphatic carbocycles. The summed E-state index contributed by atoms with van der Waals surface area (Å²) in [6, 6.07) is 13.8. The first-order valence-electron chi connectivity index (χ1n) is 9.53. The number of hydrogen-bond donors (Lipinski definition) is 2. The monoisotopic (exact) mass is 458 g/mol. The molecule has 1 aliphatic rings. The Morgan fingerprint density at radius 2 is 1.75 bits per heavy atom. The molecule has 2 N–H and O–H groups in total. The Kier molecular flexibility index (Phi) is 5.87. The number of rotatable bonds is 6. The summed E-state index contributed by atoms with van der Waals surface area (Å²) >= 11 is 0. The highest BCUT2D eigenvalue weighted by Crippen LogP contribution is 2.40. The van der Waals surface area contributed by atoms with Gasteiger partial charge in [0.15, 0.2) is 11.5 Å². The number of methoxy groups -OCH3 is 1. The molecule has 0 saturated heterocycles. The fourth-order valence-corrected chi connectivity index (χ4v) is 4.14. The van der Waals surface area contributed by atoms with Gasteiger partial charge in [0.05, 0.1) is 17.7 Å². The molecule has 0 saturated carbocycles. The number of anilines is 2. The molecule has 32 heavy (non-hydrogen) atoms. The lowest BCUT2D eigenvalue weighted by molar-refractivity contribution is 0.102. The number of ether oxygens (including phenoxy) is 3. The van der Waals surface area contributed by atoms with E-state index in [9.17, 15) is 17.6 Å². The van der Waals surface area contributed by atoms with Gasteiger partial charge in [-0.25, -0.2) is 12.8 Å². The van der Waals surface area contributed by atoms with Gasteiger partial charge in [0.25, 0.3) is 15.9 Å². The molecule has 0 aromatic heterocycles. The number of fused-ring (bicyclic) bond motifs is 1. The molecule has 1 aliphatic heterocycles. The summed E-state index contributed by atoms with van der Waals surface area (Å²) in [5, 5.41) is 2.70. The standard InChI is InChI=1S/C22H19FN2O6S/c1-29-19-11-14(12-20-21(19)31-10-9-30-20)22(26)24-16-5-7-18(8-6-16)32(27,28)25-17-4-2-3-15(23)13-17/h2-8,11-13,25H,9-10H2,1H3,(H,24,26). The topological polar surface area (TPSA) is 103 Å². The summed E-state index contributed by atoms with van der Waals surface area (Å²) in [4.78, 5) is 12.7. The molecule has 4 rings (SSSR count). The third kappa shape index (κ3) is 4.59. The Morgan fingerprint density at radius 1 is 1.00 bits per heavy atom. The highest BCUT2D eigenvalue weighted by Gasteiger charge is 2.21. The number of carbonyl (C=O) groups excluding carboxylic acids is 1.